The van der Waals surface area contributed by atoms with Crippen molar-refractivity contribution < 1.29 is 9.53 Å². The van der Waals surface area contributed by atoms with Gasteiger partial charge in [0.15, 0.2) is 0 Å². The Bertz CT molecular complexity index is 245. The number of hydrogen-bond acceptors (Lipinski definition) is 4. The van der Waals surface area contributed by atoms with Gasteiger partial charge >= 0.3 is 0 Å². The molecule has 2 unspecified atom stereocenters. The number of rotatable bonds is 10. The third-order valence-corrected chi connectivity index (χ3v) is 3.01. The summed E-state index contributed by atoms with van der Waals surface area (Å²) in [5.41, 5.74) is 5.55. The number of nitrogens with two attached hydrogens (primary N) is 1. The first-order valence-corrected chi connectivity index (χ1v) is 7.08. The molecule has 2 atom stereocenters. The van der Waals surface area contributed by atoms with E-state index in [4.69, 9.17) is 10.5 Å². The van der Waals surface area contributed by atoms with E-state index >= 15 is 0 Å². The highest BCUT2D eigenvalue weighted by Crippen LogP contribution is 2.09. The lowest BCUT2D eigenvalue weighted by Gasteiger charge is -2.28. The molecule has 0 aromatic carbocycles. The first-order chi connectivity index (χ1) is 8.92. The average molecular weight is 273 g/mol. The number of hydrogen-bond donors (Lipinski definition) is 2. The van der Waals surface area contributed by atoms with Crippen molar-refractivity contribution in [2.24, 2.45) is 11.7 Å². The molecule has 0 fully saturated rings. The summed E-state index contributed by atoms with van der Waals surface area (Å²) in [4.78, 5) is 13.8. The van der Waals surface area contributed by atoms with Gasteiger partial charge in [0.1, 0.15) is 0 Å². The van der Waals surface area contributed by atoms with Gasteiger partial charge in [0.05, 0.1) is 12.6 Å². The lowest BCUT2D eigenvalue weighted by Crippen LogP contribution is -2.50. The van der Waals surface area contributed by atoms with E-state index in [-0.39, 0.29) is 18.0 Å². The van der Waals surface area contributed by atoms with Gasteiger partial charge in [0, 0.05) is 27.2 Å². The van der Waals surface area contributed by atoms with Crippen LogP contribution in [0.15, 0.2) is 0 Å². The van der Waals surface area contributed by atoms with Crippen LogP contribution in [0.3, 0.4) is 0 Å². The molecule has 0 spiro atoms. The summed E-state index contributed by atoms with van der Waals surface area (Å²) in [6.45, 7) is 5.53. The zero-order valence-electron chi connectivity index (χ0n) is 13.1. The minimum Gasteiger partial charge on any atom is -0.383 e. The van der Waals surface area contributed by atoms with Crippen LogP contribution in [-0.4, -0.2) is 57.2 Å². The summed E-state index contributed by atoms with van der Waals surface area (Å²) in [6.07, 6.45) is 2.70. The number of nitrogens with one attached hydrogen (secondary N) is 1. The predicted octanol–water partition coefficient (Wildman–Crippen LogP) is 0.833. The van der Waals surface area contributed by atoms with Crippen LogP contribution in [0, 0.1) is 5.92 Å². The van der Waals surface area contributed by atoms with E-state index < -0.39 is 0 Å². The van der Waals surface area contributed by atoms with Crippen molar-refractivity contribution in [1.82, 2.24) is 10.2 Å². The summed E-state index contributed by atoms with van der Waals surface area (Å²) in [5.74, 6) is 0.599. The van der Waals surface area contributed by atoms with Crippen molar-refractivity contribution in [2.45, 2.75) is 45.2 Å². The van der Waals surface area contributed by atoms with E-state index in [2.05, 4.69) is 19.2 Å². The largest absolute Gasteiger partial charge is 0.383 e. The van der Waals surface area contributed by atoms with Gasteiger partial charge in [-0.3, -0.25) is 4.79 Å². The Morgan fingerprint density at radius 3 is 2.42 bits per heavy atom. The van der Waals surface area contributed by atoms with Crippen LogP contribution in [0.2, 0.25) is 0 Å². The van der Waals surface area contributed by atoms with E-state index in [1.54, 1.807) is 26.1 Å². The quantitative estimate of drug-likeness (QED) is 0.619. The number of likely N-dealkylation sites (N-methyl/N-ethyl adjacent to an activating group) is 1. The molecular weight excluding hydrogens is 242 g/mol. The second-order valence-corrected chi connectivity index (χ2v) is 5.66. The van der Waals surface area contributed by atoms with Crippen LogP contribution in [-0.2, 0) is 9.53 Å². The monoisotopic (exact) mass is 273 g/mol. The number of nitrogens with zero attached hydrogens (tertiary/aromatic N) is 1. The fourth-order valence-electron chi connectivity index (χ4n) is 2.09. The molecule has 5 nitrogen and oxygen atoms in total. The molecule has 0 saturated carbocycles. The zero-order valence-corrected chi connectivity index (χ0v) is 13.1. The third-order valence-electron chi connectivity index (χ3n) is 3.01. The lowest BCUT2D eigenvalue weighted by molar-refractivity contribution is -0.131. The number of carbonyl (C=O) groups excluding carboxylic acids is 1. The standard InChI is InChI=1S/C14H31N3O2/c1-11(2)9-13(14(18)17(3)4)16-12(10-19-5)7-6-8-15/h11-13,16H,6-10,15H2,1-5H3. The van der Waals surface area contributed by atoms with Gasteiger partial charge in [0.2, 0.25) is 5.91 Å². The fraction of sp³-hybridized carbons (Fsp3) is 0.929. The minimum atomic E-state index is -0.145. The molecule has 1 amide bonds. The van der Waals surface area contributed by atoms with Crippen LogP contribution in [0.25, 0.3) is 0 Å². The summed E-state index contributed by atoms with van der Waals surface area (Å²) in [5, 5.41) is 3.43. The van der Waals surface area contributed by atoms with Gasteiger partial charge < -0.3 is 20.7 Å². The second kappa shape index (κ2) is 10.2. The SMILES string of the molecule is COCC(CCCN)NC(CC(C)C)C(=O)N(C)C. The maximum atomic E-state index is 12.2. The van der Waals surface area contributed by atoms with E-state index in [0.717, 1.165) is 19.3 Å². The Morgan fingerprint density at radius 2 is 2.00 bits per heavy atom. The van der Waals surface area contributed by atoms with Crippen LogP contribution in [0.1, 0.15) is 33.1 Å². The highest BCUT2D eigenvalue weighted by atomic mass is 16.5. The number of ether oxygens (including phenoxy) is 1. The average Bonchev–Trinajstić information content (AvgIpc) is 2.33. The van der Waals surface area contributed by atoms with E-state index in [1.807, 2.05) is 0 Å². The summed E-state index contributed by atoms with van der Waals surface area (Å²) < 4.78 is 5.22. The molecule has 5 heteroatoms. The molecule has 19 heavy (non-hydrogen) atoms. The third kappa shape index (κ3) is 8.18. The van der Waals surface area contributed by atoms with Crippen LogP contribution in [0.5, 0.6) is 0 Å². The first kappa shape index (κ1) is 18.4. The molecule has 0 rings (SSSR count). The molecule has 3 N–H and O–H groups in total. The molecule has 0 heterocycles. The highest BCUT2D eigenvalue weighted by Gasteiger charge is 2.24. The molecule has 0 bridgehead atoms. The maximum Gasteiger partial charge on any atom is 0.239 e. The minimum absolute atomic E-state index is 0.127. The summed E-state index contributed by atoms with van der Waals surface area (Å²) in [7, 11) is 5.27. The van der Waals surface area contributed by atoms with Crippen molar-refractivity contribution >= 4 is 5.91 Å². The maximum absolute atomic E-state index is 12.2. The van der Waals surface area contributed by atoms with E-state index in [0.29, 0.717) is 19.1 Å². The number of methoxy groups -OCH3 is 1. The Balaban J connectivity index is 4.59. The molecule has 0 aromatic heterocycles. The van der Waals surface area contributed by atoms with Crippen molar-refractivity contribution in [1.29, 1.82) is 0 Å². The summed E-state index contributed by atoms with van der Waals surface area (Å²) >= 11 is 0. The Kier molecular flexibility index (Phi) is 9.83. The van der Waals surface area contributed by atoms with Gasteiger partial charge in [-0.25, -0.2) is 0 Å². The van der Waals surface area contributed by atoms with Crippen molar-refractivity contribution in [2.75, 3.05) is 34.4 Å². The first-order valence-electron chi connectivity index (χ1n) is 7.08. The molecule has 0 aliphatic rings. The van der Waals surface area contributed by atoms with Gasteiger partial charge in [0.25, 0.3) is 0 Å². The molecule has 0 aromatic rings. The molecule has 0 radical (unpaired) electrons. The molecule has 0 aliphatic carbocycles. The molecule has 0 saturated heterocycles. The zero-order chi connectivity index (χ0) is 14.8. The van der Waals surface area contributed by atoms with Crippen LogP contribution in [0.4, 0.5) is 0 Å². The predicted molar refractivity (Wildman–Crippen MR) is 79.0 cm³/mol. The van der Waals surface area contributed by atoms with Gasteiger partial charge in [-0.15, -0.1) is 0 Å². The molecule has 114 valence electrons. The van der Waals surface area contributed by atoms with E-state index in [1.165, 1.54) is 0 Å². The Morgan fingerprint density at radius 1 is 1.37 bits per heavy atom. The lowest BCUT2D eigenvalue weighted by atomic mass is 10.0. The van der Waals surface area contributed by atoms with Gasteiger partial charge in [-0.05, 0) is 31.7 Å². The van der Waals surface area contributed by atoms with Crippen molar-refractivity contribution in [3.05, 3.63) is 0 Å². The molecular formula is C14H31N3O2. The number of amides is 1. The highest BCUT2D eigenvalue weighted by molar-refractivity contribution is 5.81. The Hall–Kier alpha value is -0.650. The van der Waals surface area contributed by atoms with Gasteiger partial charge in [-0.2, -0.15) is 0 Å². The van der Waals surface area contributed by atoms with Crippen LogP contribution >= 0.6 is 0 Å². The topological polar surface area (TPSA) is 67.6 Å². The molecule has 0 aliphatic heterocycles. The normalized spacial score (nSPS) is 14.5. The summed E-state index contributed by atoms with van der Waals surface area (Å²) in [6, 6.07) is 0.0362. The number of carbonyl (C=O) groups is 1. The van der Waals surface area contributed by atoms with Crippen LogP contribution < -0.4 is 11.1 Å². The fourth-order valence-corrected chi connectivity index (χ4v) is 2.09. The van der Waals surface area contributed by atoms with Gasteiger partial charge in [-0.1, -0.05) is 13.8 Å². The van der Waals surface area contributed by atoms with Crippen molar-refractivity contribution in [3.8, 4) is 0 Å². The van der Waals surface area contributed by atoms with E-state index in [9.17, 15) is 4.79 Å². The second-order valence-electron chi connectivity index (χ2n) is 5.66. The van der Waals surface area contributed by atoms with Crippen molar-refractivity contribution in [3.63, 3.8) is 0 Å². The Labute approximate surface area is 117 Å². The smallest absolute Gasteiger partial charge is 0.239 e.